The molecule has 0 aliphatic carbocycles. The summed E-state index contributed by atoms with van der Waals surface area (Å²) in [5.41, 5.74) is 3.36. The van der Waals surface area contributed by atoms with Crippen molar-refractivity contribution in [1.29, 1.82) is 0 Å². The number of imide groups is 1. The zero-order valence-corrected chi connectivity index (χ0v) is 23.3. The summed E-state index contributed by atoms with van der Waals surface area (Å²) < 4.78 is 11.9. The SMILES string of the molecule is CCC(=O)OCc1cccc(N2C(=O)c3ccccc3C2=O)c1-c1ccc(O[Si](C)(C)C(C)(C)C)cc1. The number of hydrogen-bond donors (Lipinski definition) is 0. The number of carbonyl (C=O) groups excluding carboxylic acids is 3. The van der Waals surface area contributed by atoms with Crippen LogP contribution in [0.1, 0.15) is 60.4 Å². The number of amides is 2. The van der Waals surface area contributed by atoms with Gasteiger partial charge in [0, 0.05) is 12.0 Å². The third kappa shape index (κ3) is 5.09. The van der Waals surface area contributed by atoms with Gasteiger partial charge in [0.15, 0.2) is 0 Å². The number of rotatable bonds is 7. The van der Waals surface area contributed by atoms with Crippen LogP contribution < -0.4 is 9.33 Å². The van der Waals surface area contributed by atoms with E-state index >= 15 is 0 Å². The molecule has 0 fully saturated rings. The van der Waals surface area contributed by atoms with E-state index in [0.29, 0.717) is 27.9 Å². The average Bonchev–Trinajstić information content (AvgIpc) is 3.11. The number of anilines is 1. The molecule has 3 aromatic rings. The smallest absolute Gasteiger partial charge is 0.305 e. The molecule has 3 aromatic carbocycles. The molecule has 192 valence electrons. The fraction of sp³-hybridized carbons (Fsp3) is 0.300. The molecule has 0 bridgehead atoms. The van der Waals surface area contributed by atoms with Crippen LogP contribution in [-0.2, 0) is 16.1 Å². The molecule has 6 nitrogen and oxygen atoms in total. The molecule has 0 saturated carbocycles. The maximum Gasteiger partial charge on any atom is 0.305 e. The van der Waals surface area contributed by atoms with Crippen molar-refractivity contribution in [1.82, 2.24) is 0 Å². The average molecular weight is 516 g/mol. The molecule has 0 radical (unpaired) electrons. The van der Waals surface area contributed by atoms with Crippen LogP contribution >= 0.6 is 0 Å². The fourth-order valence-electron chi connectivity index (χ4n) is 4.03. The predicted molar refractivity (Wildman–Crippen MR) is 147 cm³/mol. The van der Waals surface area contributed by atoms with Gasteiger partial charge in [-0.15, -0.1) is 0 Å². The van der Waals surface area contributed by atoms with Gasteiger partial charge in [0.25, 0.3) is 11.8 Å². The quantitative estimate of drug-likeness (QED) is 0.193. The second kappa shape index (κ2) is 9.98. The Kier molecular flexibility index (Phi) is 7.10. The van der Waals surface area contributed by atoms with Crippen molar-refractivity contribution in [2.75, 3.05) is 4.90 Å². The van der Waals surface area contributed by atoms with Crippen molar-refractivity contribution in [3.8, 4) is 16.9 Å². The highest BCUT2D eigenvalue weighted by atomic mass is 28.4. The first-order chi connectivity index (χ1) is 17.4. The van der Waals surface area contributed by atoms with Crippen LogP contribution in [0.3, 0.4) is 0 Å². The summed E-state index contributed by atoms with van der Waals surface area (Å²) in [5, 5.41) is 0.0556. The van der Waals surface area contributed by atoms with Crippen LogP contribution in [0, 0.1) is 0 Å². The van der Waals surface area contributed by atoms with E-state index in [4.69, 9.17) is 9.16 Å². The molecule has 7 heteroatoms. The Morgan fingerprint density at radius 1 is 0.865 bits per heavy atom. The van der Waals surface area contributed by atoms with Gasteiger partial charge in [-0.05, 0) is 59.6 Å². The number of fused-ring (bicyclic) bond motifs is 1. The lowest BCUT2D eigenvalue weighted by atomic mass is 9.97. The first-order valence-corrected chi connectivity index (χ1v) is 15.4. The van der Waals surface area contributed by atoms with E-state index in [1.165, 1.54) is 4.90 Å². The summed E-state index contributed by atoms with van der Waals surface area (Å²) in [6.45, 7) is 12.7. The number of ether oxygens (including phenoxy) is 1. The summed E-state index contributed by atoms with van der Waals surface area (Å²) >= 11 is 0. The van der Waals surface area contributed by atoms with E-state index in [1.807, 2.05) is 30.3 Å². The van der Waals surface area contributed by atoms with Gasteiger partial charge in [0.2, 0.25) is 8.32 Å². The predicted octanol–water partition coefficient (Wildman–Crippen LogP) is 6.99. The highest BCUT2D eigenvalue weighted by molar-refractivity contribution is 6.74. The summed E-state index contributed by atoms with van der Waals surface area (Å²) in [5.74, 6) is -0.299. The Bertz CT molecular complexity index is 1320. The summed E-state index contributed by atoms with van der Waals surface area (Å²) in [7, 11) is -2.02. The Balaban J connectivity index is 1.78. The number of carbonyl (C=O) groups is 3. The van der Waals surface area contributed by atoms with Gasteiger partial charge < -0.3 is 9.16 Å². The van der Waals surface area contributed by atoms with E-state index in [9.17, 15) is 14.4 Å². The minimum Gasteiger partial charge on any atom is -0.544 e. The van der Waals surface area contributed by atoms with Crippen molar-refractivity contribution >= 4 is 31.8 Å². The molecule has 0 saturated heterocycles. The minimum absolute atomic E-state index is 0.0290. The molecular weight excluding hydrogens is 482 g/mol. The molecule has 4 rings (SSSR count). The molecule has 0 unspecified atom stereocenters. The molecule has 2 amide bonds. The van der Waals surface area contributed by atoms with E-state index < -0.39 is 8.32 Å². The number of hydrogen-bond acceptors (Lipinski definition) is 5. The molecule has 1 aliphatic heterocycles. The monoisotopic (exact) mass is 515 g/mol. The van der Waals surface area contributed by atoms with Gasteiger partial charge >= 0.3 is 5.97 Å². The largest absolute Gasteiger partial charge is 0.544 e. The van der Waals surface area contributed by atoms with Crippen molar-refractivity contribution < 1.29 is 23.5 Å². The first kappa shape index (κ1) is 26.4. The maximum absolute atomic E-state index is 13.3. The van der Waals surface area contributed by atoms with Crippen LogP contribution in [0.2, 0.25) is 18.1 Å². The Morgan fingerprint density at radius 2 is 1.46 bits per heavy atom. The Morgan fingerprint density at radius 3 is 2.00 bits per heavy atom. The lowest BCUT2D eigenvalue weighted by Crippen LogP contribution is -2.43. The van der Waals surface area contributed by atoms with E-state index in [-0.39, 0.29) is 35.8 Å². The third-order valence-electron chi connectivity index (χ3n) is 7.16. The molecule has 0 N–H and O–H groups in total. The summed E-state index contributed by atoms with van der Waals surface area (Å²) in [6, 6.07) is 19.9. The zero-order chi connectivity index (χ0) is 27.0. The molecule has 0 spiro atoms. The van der Waals surface area contributed by atoms with Crippen molar-refractivity contribution in [3.05, 3.63) is 83.4 Å². The van der Waals surface area contributed by atoms with E-state index in [1.54, 1.807) is 43.3 Å². The minimum atomic E-state index is -2.02. The number of benzene rings is 3. The van der Waals surface area contributed by atoms with Crippen LogP contribution in [0.25, 0.3) is 11.1 Å². The van der Waals surface area contributed by atoms with E-state index in [2.05, 4.69) is 33.9 Å². The zero-order valence-electron chi connectivity index (χ0n) is 22.3. The summed E-state index contributed by atoms with van der Waals surface area (Å²) in [6.07, 6.45) is 0.257. The highest BCUT2D eigenvalue weighted by Crippen LogP contribution is 2.41. The Hall–Kier alpha value is -3.71. The van der Waals surface area contributed by atoms with Crippen LogP contribution in [0.5, 0.6) is 5.75 Å². The molecule has 1 aliphatic rings. The van der Waals surface area contributed by atoms with Crippen molar-refractivity contribution in [3.63, 3.8) is 0 Å². The number of esters is 1. The maximum atomic E-state index is 13.3. The number of nitrogens with zero attached hydrogens (tertiary/aromatic N) is 1. The highest BCUT2D eigenvalue weighted by Gasteiger charge is 2.39. The second-order valence-corrected chi connectivity index (χ2v) is 15.4. The lowest BCUT2D eigenvalue weighted by Gasteiger charge is -2.36. The normalized spacial score (nSPS) is 13.5. The van der Waals surface area contributed by atoms with Gasteiger partial charge in [-0.1, -0.05) is 64.1 Å². The van der Waals surface area contributed by atoms with Gasteiger partial charge in [-0.25, -0.2) is 4.90 Å². The molecular formula is C30H33NO5Si. The Labute approximate surface area is 219 Å². The van der Waals surface area contributed by atoms with E-state index in [0.717, 1.165) is 11.3 Å². The van der Waals surface area contributed by atoms with Gasteiger partial charge in [0.05, 0.1) is 16.8 Å². The molecule has 37 heavy (non-hydrogen) atoms. The first-order valence-electron chi connectivity index (χ1n) is 12.5. The van der Waals surface area contributed by atoms with Gasteiger partial charge in [0.1, 0.15) is 12.4 Å². The van der Waals surface area contributed by atoms with Crippen LogP contribution in [-0.4, -0.2) is 26.1 Å². The summed E-state index contributed by atoms with van der Waals surface area (Å²) in [4.78, 5) is 39.8. The molecule has 0 aromatic heterocycles. The standard InChI is InChI=1S/C30H33NO5Si/c1-7-26(32)35-19-21-11-10-14-25(31-28(33)23-12-8-9-13-24(23)29(31)34)27(21)20-15-17-22(18-16-20)36-37(5,6)30(2,3)4/h8-18H,7,19H2,1-6H3. The third-order valence-corrected chi connectivity index (χ3v) is 11.5. The van der Waals surface area contributed by atoms with Gasteiger partial charge in [-0.2, -0.15) is 0 Å². The topological polar surface area (TPSA) is 72.9 Å². The molecule has 0 atom stereocenters. The fourth-order valence-corrected chi connectivity index (χ4v) is 5.06. The van der Waals surface area contributed by atoms with Crippen LogP contribution in [0.15, 0.2) is 66.7 Å². The van der Waals surface area contributed by atoms with Crippen molar-refractivity contribution in [2.24, 2.45) is 0 Å². The van der Waals surface area contributed by atoms with Gasteiger partial charge in [-0.3, -0.25) is 14.4 Å². The molecule has 1 heterocycles. The van der Waals surface area contributed by atoms with Crippen LogP contribution in [0.4, 0.5) is 5.69 Å². The van der Waals surface area contributed by atoms with Crippen molar-refractivity contribution in [2.45, 2.75) is 58.9 Å². The second-order valence-electron chi connectivity index (χ2n) is 10.7. The lowest BCUT2D eigenvalue weighted by molar-refractivity contribution is -0.144.